The first-order chi connectivity index (χ1) is 13.1. The van der Waals surface area contributed by atoms with Gasteiger partial charge in [0.15, 0.2) is 0 Å². The van der Waals surface area contributed by atoms with Gasteiger partial charge in [0.1, 0.15) is 0 Å². The van der Waals surface area contributed by atoms with Crippen molar-refractivity contribution >= 4 is 22.7 Å². The number of benzene rings is 1. The number of nitrogens with one attached hydrogen (secondary N) is 1. The lowest BCUT2D eigenvalue weighted by molar-refractivity contribution is 0.0790. The Hall–Kier alpha value is -3.22. The first-order valence-electron chi connectivity index (χ1n) is 8.96. The lowest BCUT2D eigenvalue weighted by atomic mass is 9.99. The number of aromatic nitrogens is 3. The highest BCUT2D eigenvalue weighted by atomic mass is 16.2. The maximum atomic E-state index is 12.7. The van der Waals surface area contributed by atoms with Gasteiger partial charge in [0.2, 0.25) is 0 Å². The van der Waals surface area contributed by atoms with Gasteiger partial charge in [-0.15, -0.1) is 0 Å². The van der Waals surface area contributed by atoms with Crippen LogP contribution in [0.2, 0.25) is 0 Å². The van der Waals surface area contributed by atoms with Crippen LogP contribution in [0.3, 0.4) is 0 Å². The number of hydrogen-bond acceptors (Lipinski definition) is 4. The number of carbonyl (C=O) groups excluding carboxylic acids is 2. The molecule has 0 spiro atoms. The maximum Gasteiger partial charge on any atom is 0.257 e. The quantitative estimate of drug-likeness (QED) is 0.771. The zero-order valence-electron chi connectivity index (χ0n) is 15.3. The van der Waals surface area contributed by atoms with Crippen molar-refractivity contribution in [2.24, 2.45) is 7.05 Å². The summed E-state index contributed by atoms with van der Waals surface area (Å²) < 4.78 is 1.63. The third-order valence-electron chi connectivity index (χ3n) is 5.05. The molecule has 1 aliphatic rings. The number of amides is 2. The molecule has 1 aliphatic heterocycles. The molecule has 7 heteroatoms. The van der Waals surface area contributed by atoms with Crippen LogP contribution in [0, 0.1) is 0 Å². The van der Waals surface area contributed by atoms with Gasteiger partial charge in [-0.1, -0.05) is 18.2 Å². The van der Waals surface area contributed by atoms with Gasteiger partial charge < -0.3 is 10.2 Å². The van der Waals surface area contributed by atoms with Gasteiger partial charge in [-0.2, -0.15) is 5.10 Å². The van der Waals surface area contributed by atoms with Crippen LogP contribution >= 0.6 is 0 Å². The fraction of sp³-hybridized carbons (Fsp3) is 0.300. The normalized spacial score (nSPS) is 16.7. The van der Waals surface area contributed by atoms with E-state index < -0.39 is 0 Å². The maximum absolute atomic E-state index is 12.7. The van der Waals surface area contributed by atoms with Crippen LogP contribution in [0.4, 0.5) is 0 Å². The Morgan fingerprint density at radius 2 is 2.07 bits per heavy atom. The number of nitrogens with zero attached hydrogens (tertiary/aromatic N) is 4. The van der Waals surface area contributed by atoms with E-state index in [4.69, 9.17) is 4.98 Å². The van der Waals surface area contributed by atoms with E-state index in [9.17, 15) is 9.59 Å². The molecule has 1 unspecified atom stereocenters. The Morgan fingerprint density at radius 1 is 1.26 bits per heavy atom. The van der Waals surface area contributed by atoms with Gasteiger partial charge in [-0.05, 0) is 18.6 Å². The molecular formula is C20H21N5O2. The van der Waals surface area contributed by atoms with Gasteiger partial charge in [-0.25, -0.2) is 0 Å². The van der Waals surface area contributed by atoms with Crippen molar-refractivity contribution in [3.63, 3.8) is 0 Å². The van der Waals surface area contributed by atoms with Gasteiger partial charge in [0.25, 0.3) is 11.8 Å². The Bertz CT molecular complexity index is 1030. The Labute approximate surface area is 157 Å². The molecule has 0 aliphatic carbocycles. The van der Waals surface area contributed by atoms with Crippen LogP contribution in [-0.4, -0.2) is 51.6 Å². The third-order valence-corrected chi connectivity index (χ3v) is 5.05. The average Bonchev–Trinajstić information content (AvgIpc) is 3.35. The molecule has 0 radical (unpaired) electrons. The van der Waals surface area contributed by atoms with E-state index >= 15 is 0 Å². The predicted molar refractivity (Wildman–Crippen MR) is 102 cm³/mol. The second-order valence-corrected chi connectivity index (χ2v) is 6.83. The highest BCUT2D eigenvalue weighted by Gasteiger charge is 2.30. The zero-order chi connectivity index (χ0) is 19.0. The van der Waals surface area contributed by atoms with Crippen molar-refractivity contribution in [1.29, 1.82) is 0 Å². The Morgan fingerprint density at radius 3 is 2.81 bits per heavy atom. The average molecular weight is 363 g/mol. The summed E-state index contributed by atoms with van der Waals surface area (Å²) >= 11 is 0. The Balaban J connectivity index is 1.63. The largest absolute Gasteiger partial charge is 0.355 e. The number of fused-ring (bicyclic) bond motifs is 1. The lowest BCUT2D eigenvalue weighted by Gasteiger charge is -2.16. The molecule has 27 heavy (non-hydrogen) atoms. The molecule has 2 amide bonds. The van der Waals surface area contributed by atoms with Crippen LogP contribution in [0.5, 0.6) is 0 Å². The first kappa shape index (κ1) is 17.2. The van der Waals surface area contributed by atoms with Gasteiger partial charge in [0.05, 0.1) is 22.8 Å². The molecular weight excluding hydrogens is 342 g/mol. The number of likely N-dealkylation sites (tertiary alicyclic amines) is 1. The zero-order valence-corrected chi connectivity index (χ0v) is 15.3. The van der Waals surface area contributed by atoms with Crippen molar-refractivity contribution in [2.75, 3.05) is 20.1 Å². The summed E-state index contributed by atoms with van der Waals surface area (Å²) in [6, 6.07) is 9.51. The minimum atomic E-state index is -0.129. The summed E-state index contributed by atoms with van der Waals surface area (Å²) in [5.74, 6) is -0.0345. The van der Waals surface area contributed by atoms with Gasteiger partial charge in [-0.3, -0.25) is 19.3 Å². The van der Waals surface area contributed by atoms with Crippen molar-refractivity contribution in [3.8, 4) is 0 Å². The molecule has 2 aromatic heterocycles. The number of hydrogen-bond donors (Lipinski definition) is 1. The molecule has 3 heterocycles. The topological polar surface area (TPSA) is 80.1 Å². The first-order valence-corrected chi connectivity index (χ1v) is 8.96. The highest BCUT2D eigenvalue weighted by molar-refractivity contribution is 6.06. The van der Waals surface area contributed by atoms with E-state index in [1.807, 2.05) is 35.2 Å². The van der Waals surface area contributed by atoms with E-state index in [-0.39, 0.29) is 17.7 Å². The standard InChI is InChI=1S/C20H21N5O2/c1-21-19(26)16-9-18(23-17-6-4-3-5-15(16)17)13-7-8-25(12-13)20(27)14-10-22-24(2)11-14/h3-6,9-11,13H,7-8,12H2,1-2H3,(H,21,26). The van der Waals surface area contributed by atoms with E-state index in [0.717, 1.165) is 23.0 Å². The molecule has 0 bridgehead atoms. The summed E-state index contributed by atoms with van der Waals surface area (Å²) in [7, 11) is 3.42. The number of para-hydroxylation sites is 1. The second kappa shape index (κ2) is 6.83. The third kappa shape index (κ3) is 3.16. The van der Waals surface area contributed by atoms with Crippen LogP contribution in [0.15, 0.2) is 42.7 Å². The molecule has 3 aromatic rings. The minimum absolute atomic E-state index is 0.0158. The lowest BCUT2D eigenvalue weighted by Crippen LogP contribution is -2.28. The predicted octanol–water partition coefficient (Wildman–Crippen LogP) is 1.96. The van der Waals surface area contributed by atoms with Gasteiger partial charge in [0, 0.05) is 50.4 Å². The van der Waals surface area contributed by atoms with Crippen molar-refractivity contribution < 1.29 is 9.59 Å². The molecule has 4 rings (SSSR count). The summed E-state index contributed by atoms with van der Waals surface area (Å²) in [6.45, 7) is 1.26. The van der Waals surface area contributed by atoms with Gasteiger partial charge >= 0.3 is 0 Å². The SMILES string of the molecule is CNC(=O)c1cc(C2CCN(C(=O)c3cnn(C)c3)C2)nc2ccccc12. The highest BCUT2D eigenvalue weighted by Crippen LogP contribution is 2.30. The van der Waals surface area contributed by atoms with E-state index in [1.54, 1.807) is 31.2 Å². The fourth-order valence-corrected chi connectivity index (χ4v) is 3.63. The number of pyridine rings is 1. The van der Waals surface area contributed by atoms with Crippen molar-refractivity contribution in [3.05, 3.63) is 59.5 Å². The molecule has 7 nitrogen and oxygen atoms in total. The van der Waals surface area contributed by atoms with E-state index in [2.05, 4.69) is 10.4 Å². The smallest absolute Gasteiger partial charge is 0.257 e. The van der Waals surface area contributed by atoms with Crippen molar-refractivity contribution in [2.45, 2.75) is 12.3 Å². The van der Waals surface area contributed by atoms with Crippen molar-refractivity contribution in [1.82, 2.24) is 25.0 Å². The fourth-order valence-electron chi connectivity index (χ4n) is 3.63. The molecule has 1 saturated heterocycles. The summed E-state index contributed by atoms with van der Waals surface area (Å²) in [4.78, 5) is 31.6. The minimum Gasteiger partial charge on any atom is -0.355 e. The number of rotatable bonds is 3. The Kier molecular flexibility index (Phi) is 4.35. The second-order valence-electron chi connectivity index (χ2n) is 6.83. The van der Waals surface area contributed by atoms with Crippen LogP contribution in [0.25, 0.3) is 10.9 Å². The van der Waals surface area contributed by atoms with E-state index in [0.29, 0.717) is 24.2 Å². The van der Waals surface area contributed by atoms with Crippen LogP contribution < -0.4 is 5.32 Å². The molecule has 0 saturated carbocycles. The summed E-state index contributed by atoms with van der Waals surface area (Å²) in [5, 5.41) is 7.61. The monoisotopic (exact) mass is 363 g/mol. The van der Waals surface area contributed by atoms with Crippen LogP contribution in [0.1, 0.15) is 38.7 Å². The summed E-state index contributed by atoms with van der Waals surface area (Å²) in [6.07, 6.45) is 4.14. The molecule has 1 aromatic carbocycles. The molecule has 1 fully saturated rings. The van der Waals surface area contributed by atoms with Crippen LogP contribution in [-0.2, 0) is 7.05 Å². The molecule has 1 atom stereocenters. The number of carbonyl (C=O) groups is 2. The molecule has 1 N–H and O–H groups in total. The molecule has 138 valence electrons. The number of aryl methyl sites for hydroxylation is 1. The summed E-state index contributed by atoms with van der Waals surface area (Å²) in [5.41, 5.74) is 2.87. The van der Waals surface area contributed by atoms with E-state index in [1.165, 1.54) is 0 Å².